The highest BCUT2D eigenvalue weighted by molar-refractivity contribution is 5.81. The van der Waals surface area contributed by atoms with Crippen molar-refractivity contribution in [3.8, 4) is 11.5 Å². The molecular formula is C22H33N3O4. The number of amides is 3. The van der Waals surface area contributed by atoms with Crippen LogP contribution in [-0.4, -0.2) is 50.2 Å². The highest BCUT2D eigenvalue weighted by Crippen LogP contribution is 2.40. The van der Waals surface area contributed by atoms with E-state index in [0.29, 0.717) is 24.6 Å². The van der Waals surface area contributed by atoms with Crippen LogP contribution in [0.3, 0.4) is 0 Å². The Kier molecular flexibility index (Phi) is 6.87. The molecule has 1 fully saturated rings. The van der Waals surface area contributed by atoms with Crippen molar-refractivity contribution in [1.82, 2.24) is 15.5 Å². The number of carbonyl (C=O) groups excluding carboxylic acids is 2. The number of hydrogen-bond acceptors (Lipinski definition) is 4. The highest BCUT2D eigenvalue weighted by atomic mass is 16.5. The number of rotatable bonds is 8. The Morgan fingerprint density at radius 1 is 1.17 bits per heavy atom. The SMILES string of the molecule is CCCNC(=O)N1CCc2cc(OC)c(OC)cc2[C@@H]1[C@H](CC)NC(=O)C1CC1. The van der Waals surface area contributed by atoms with E-state index in [9.17, 15) is 9.59 Å². The van der Waals surface area contributed by atoms with Crippen LogP contribution in [0.5, 0.6) is 11.5 Å². The number of ether oxygens (including phenoxy) is 2. The maximum absolute atomic E-state index is 13.0. The lowest BCUT2D eigenvalue weighted by atomic mass is 9.86. The summed E-state index contributed by atoms with van der Waals surface area (Å²) in [5.41, 5.74) is 2.15. The zero-order valence-electron chi connectivity index (χ0n) is 17.9. The number of nitrogens with zero attached hydrogens (tertiary/aromatic N) is 1. The van der Waals surface area contributed by atoms with Gasteiger partial charge in [0.05, 0.1) is 26.3 Å². The topological polar surface area (TPSA) is 79.9 Å². The molecule has 0 radical (unpaired) electrons. The number of hydrogen-bond donors (Lipinski definition) is 2. The molecule has 7 nitrogen and oxygen atoms in total. The average Bonchev–Trinajstić information content (AvgIpc) is 3.59. The minimum absolute atomic E-state index is 0.0867. The van der Waals surface area contributed by atoms with Crippen molar-refractivity contribution < 1.29 is 19.1 Å². The van der Waals surface area contributed by atoms with Gasteiger partial charge in [-0.2, -0.15) is 0 Å². The summed E-state index contributed by atoms with van der Waals surface area (Å²) < 4.78 is 11.0. The van der Waals surface area contributed by atoms with Crippen LogP contribution in [0.2, 0.25) is 0 Å². The fourth-order valence-corrected chi connectivity index (χ4v) is 4.02. The molecule has 1 heterocycles. The molecule has 2 aliphatic rings. The largest absolute Gasteiger partial charge is 0.493 e. The van der Waals surface area contributed by atoms with E-state index in [0.717, 1.165) is 43.2 Å². The molecule has 0 saturated heterocycles. The van der Waals surface area contributed by atoms with Crippen molar-refractivity contribution in [2.75, 3.05) is 27.3 Å². The van der Waals surface area contributed by atoms with E-state index in [2.05, 4.69) is 17.6 Å². The zero-order chi connectivity index (χ0) is 21.0. The van der Waals surface area contributed by atoms with E-state index >= 15 is 0 Å². The number of carbonyl (C=O) groups is 2. The van der Waals surface area contributed by atoms with E-state index in [1.165, 1.54) is 0 Å². The monoisotopic (exact) mass is 403 g/mol. The first-order valence-electron chi connectivity index (χ1n) is 10.6. The molecule has 0 unspecified atom stereocenters. The summed E-state index contributed by atoms with van der Waals surface area (Å²) in [4.78, 5) is 27.3. The fourth-order valence-electron chi connectivity index (χ4n) is 4.02. The van der Waals surface area contributed by atoms with Crippen LogP contribution < -0.4 is 20.1 Å². The van der Waals surface area contributed by atoms with E-state index in [1.807, 2.05) is 24.0 Å². The predicted molar refractivity (Wildman–Crippen MR) is 111 cm³/mol. The van der Waals surface area contributed by atoms with Crippen molar-refractivity contribution in [3.63, 3.8) is 0 Å². The molecule has 160 valence electrons. The summed E-state index contributed by atoms with van der Waals surface area (Å²) in [6, 6.07) is 3.47. The van der Waals surface area contributed by atoms with E-state index in [4.69, 9.17) is 9.47 Å². The molecule has 1 saturated carbocycles. The van der Waals surface area contributed by atoms with Crippen LogP contribution in [0.15, 0.2) is 12.1 Å². The van der Waals surface area contributed by atoms with Crippen molar-refractivity contribution in [2.24, 2.45) is 5.92 Å². The standard InChI is InChI=1S/C22H33N3O4/c1-5-10-23-22(27)25-11-9-15-12-18(28-3)19(29-4)13-16(15)20(25)17(6-2)24-21(26)14-7-8-14/h12-14,17,20H,5-11H2,1-4H3,(H,23,27)(H,24,26)/t17-,20+/m0/s1. The van der Waals surface area contributed by atoms with Crippen molar-refractivity contribution in [3.05, 3.63) is 23.3 Å². The third-order valence-electron chi connectivity index (χ3n) is 5.81. The smallest absolute Gasteiger partial charge is 0.317 e. The fraction of sp³-hybridized carbons (Fsp3) is 0.636. The molecule has 3 amide bonds. The number of fused-ring (bicyclic) bond motifs is 1. The van der Waals surface area contributed by atoms with Crippen LogP contribution in [0.4, 0.5) is 4.79 Å². The van der Waals surface area contributed by atoms with E-state index in [-0.39, 0.29) is 29.9 Å². The Hall–Kier alpha value is -2.44. The number of benzene rings is 1. The van der Waals surface area contributed by atoms with Crippen molar-refractivity contribution in [2.45, 2.75) is 58.0 Å². The molecule has 1 aliphatic carbocycles. The quantitative estimate of drug-likeness (QED) is 0.699. The van der Waals surface area contributed by atoms with Crippen LogP contribution in [-0.2, 0) is 11.2 Å². The zero-order valence-corrected chi connectivity index (χ0v) is 17.9. The molecule has 2 N–H and O–H groups in total. The summed E-state index contributed by atoms with van der Waals surface area (Å²) in [6.45, 7) is 5.31. The molecule has 29 heavy (non-hydrogen) atoms. The lowest BCUT2D eigenvalue weighted by Gasteiger charge is -2.42. The molecule has 7 heteroatoms. The molecule has 2 atom stereocenters. The van der Waals surface area contributed by atoms with Gasteiger partial charge in [0.25, 0.3) is 0 Å². The van der Waals surface area contributed by atoms with Gasteiger partial charge in [0.15, 0.2) is 11.5 Å². The normalized spacial score (nSPS) is 19.2. The lowest BCUT2D eigenvalue weighted by molar-refractivity contribution is -0.123. The van der Waals surface area contributed by atoms with Gasteiger partial charge in [0, 0.05) is 19.0 Å². The summed E-state index contributed by atoms with van der Waals surface area (Å²) in [5, 5.41) is 6.21. The summed E-state index contributed by atoms with van der Waals surface area (Å²) in [5.74, 6) is 1.54. The van der Waals surface area contributed by atoms with Gasteiger partial charge in [-0.1, -0.05) is 13.8 Å². The second-order valence-electron chi connectivity index (χ2n) is 7.82. The predicted octanol–water partition coefficient (Wildman–Crippen LogP) is 3.03. The first kappa shape index (κ1) is 21.3. The Bertz CT molecular complexity index is 748. The molecule has 1 aromatic rings. The molecule has 1 aromatic carbocycles. The minimum atomic E-state index is -0.247. The van der Waals surface area contributed by atoms with E-state index < -0.39 is 0 Å². The summed E-state index contributed by atoms with van der Waals surface area (Å²) in [6.07, 6.45) is 4.25. The Balaban J connectivity index is 1.98. The second kappa shape index (κ2) is 9.37. The number of methoxy groups -OCH3 is 2. The third-order valence-corrected chi connectivity index (χ3v) is 5.81. The molecule has 3 rings (SSSR count). The lowest BCUT2D eigenvalue weighted by Crippen LogP contribution is -2.53. The number of urea groups is 1. The van der Waals surface area contributed by atoms with Gasteiger partial charge >= 0.3 is 6.03 Å². The average molecular weight is 404 g/mol. The summed E-state index contributed by atoms with van der Waals surface area (Å²) in [7, 11) is 3.24. The van der Waals surface area contributed by atoms with Gasteiger partial charge < -0.3 is 25.0 Å². The van der Waals surface area contributed by atoms with E-state index in [1.54, 1.807) is 14.2 Å². The third kappa shape index (κ3) is 4.60. The van der Waals surface area contributed by atoms with Crippen LogP contribution in [0.1, 0.15) is 56.7 Å². The first-order chi connectivity index (χ1) is 14.0. The van der Waals surface area contributed by atoms with Crippen molar-refractivity contribution in [1.29, 1.82) is 0 Å². The maximum Gasteiger partial charge on any atom is 0.317 e. The van der Waals surface area contributed by atoms with Gasteiger partial charge in [-0.05, 0) is 55.4 Å². The van der Waals surface area contributed by atoms with Crippen LogP contribution >= 0.6 is 0 Å². The van der Waals surface area contributed by atoms with Gasteiger partial charge in [-0.25, -0.2) is 4.79 Å². The van der Waals surface area contributed by atoms with Gasteiger partial charge in [-0.3, -0.25) is 4.79 Å². The molecular weight excluding hydrogens is 370 g/mol. The van der Waals surface area contributed by atoms with Crippen LogP contribution in [0, 0.1) is 5.92 Å². The van der Waals surface area contributed by atoms with Crippen LogP contribution in [0.25, 0.3) is 0 Å². The first-order valence-corrected chi connectivity index (χ1v) is 10.6. The Morgan fingerprint density at radius 2 is 1.86 bits per heavy atom. The van der Waals surface area contributed by atoms with Gasteiger partial charge in [0.2, 0.25) is 5.91 Å². The number of nitrogens with one attached hydrogen (secondary N) is 2. The van der Waals surface area contributed by atoms with Crippen molar-refractivity contribution >= 4 is 11.9 Å². The van der Waals surface area contributed by atoms with Gasteiger partial charge in [0.1, 0.15) is 0 Å². The Morgan fingerprint density at radius 3 is 2.45 bits per heavy atom. The Labute approximate surface area is 173 Å². The minimum Gasteiger partial charge on any atom is -0.493 e. The van der Waals surface area contributed by atoms with Gasteiger partial charge in [-0.15, -0.1) is 0 Å². The molecule has 0 aromatic heterocycles. The molecule has 1 aliphatic heterocycles. The second-order valence-corrected chi connectivity index (χ2v) is 7.82. The maximum atomic E-state index is 13.0. The molecule has 0 spiro atoms. The highest BCUT2D eigenvalue weighted by Gasteiger charge is 2.39. The summed E-state index contributed by atoms with van der Waals surface area (Å²) >= 11 is 0. The molecule has 0 bridgehead atoms.